The molecule has 1 fully saturated rings. The van der Waals surface area contributed by atoms with E-state index in [1.165, 1.54) is 0 Å². The first-order valence-electron chi connectivity index (χ1n) is 11.2. The molecule has 3 nitrogen and oxygen atoms in total. The normalized spacial score (nSPS) is 19.5. The Morgan fingerprint density at radius 3 is 2.27 bits per heavy atom. The Balaban J connectivity index is 1.46. The molecule has 4 aromatic rings. The van der Waals surface area contributed by atoms with E-state index in [0.29, 0.717) is 0 Å². The fourth-order valence-corrected chi connectivity index (χ4v) is 4.66. The summed E-state index contributed by atoms with van der Waals surface area (Å²) in [4.78, 5) is 13.6. The zero-order valence-electron chi connectivity index (χ0n) is 18.8. The lowest BCUT2D eigenvalue weighted by Gasteiger charge is -2.05. The van der Waals surface area contributed by atoms with Crippen LogP contribution in [0.3, 0.4) is 0 Å². The van der Waals surface area contributed by atoms with Crippen LogP contribution in [0.15, 0.2) is 97.1 Å². The topological polar surface area (TPSA) is 35.5 Å². The molecular formula is C30H26O3. The van der Waals surface area contributed by atoms with E-state index in [1.54, 1.807) is 14.2 Å². The first kappa shape index (κ1) is 21.0. The minimum Gasteiger partial charge on any atom is -0.497 e. The maximum absolute atomic E-state index is 13.6. The number of ether oxygens (including phenoxy) is 2. The van der Waals surface area contributed by atoms with Crippen LogP contribution in [-0.2, 0) is 0 Å². The number of carbonyl (C=O) groups is 1. The number of hydrogen-bond acceptors (Lipinski definition) is 3. The quantitative estimate of drug-likeness (QED) is 0.301. The van der Waals surface area contributed by atoms with Gasteiger partial charge in [-0.15, -0.1) is 0 Å². The van der Waals surface area contributed by atoms with Gasteiger partial charge >= 0.3 is 0 Å². The van der Waals surface area contributed by atoms with Crippen molar-refractivity contribution in [2.45, 2.75) is 5.92 Å². The van der Waals surface area contributed by atoms with Crippen LogP contribution in [0, 0.1) is 11.8 Å². The predicted octanol–water partition coefficient (Wildman–Crippen LogP) is 6.78. The number of benzene rings is 4. The number of Topliss-reactive ketones (excluding diaryl/α,β-unsaturated/α-hetero) is 1. The molecule has 3 heteroatoms. The van der Waals surface area contributed by atoms with E-state index in [0.717, 1.165) is 39.0 Å². The molecule has 0 heterocycles. The molecule has 3 atom stereocenters. The van der Waals surface area contributed by atoms with E-state index in [-0.39, 0.29) is 23.5 Å². The summed E-state index contributed by atoms with van der Waals surface area (Å²) < 4.78 is 10.7. The van der Waals surface area contributed by atoms with Crippen molar-refractivity contribution in [2.75, 3.05) is 14.2 Å². The molecule has 0 aliphatic heterocycles. The van der Waals surface area contributed by atoms with Crippen LogP contribution in [-0.4, -0.2) is 20.0 Å². The fourth-order valence-electron chi connectivity index (χ4n) is 4.66. The van der Waals surface area contributed by atoms with Gasteiger partial charge in [0.2, 0.25) is 0 Å². The van der Waals surface area contributed by atoms with Gasteiger partial charge in [0.1, 0.15) is 11.5 Å². The molecule has 164 valence electrons. The van der Waals surface area contributed by atoms with Crippen molar-refractivity contribution < 1.29 is 14.3 Å². The van der Waals surface area contributed by atoms with Gasteiger partial charge in [0.25, 0.3) is 0 Å². The highest BCUT2D eigenvalue weighted by Gasteiger charge is 2.53. The molecule has 0 spiro atoms. The Labute approximate surface area is 194 Å². The number of ketones is 1. The van der Waals surface area contributed by atoms with Crippen LogP contribution in [0.4, 0.5) is 0 Å². The largest absolute Gasteiger partial charge is 0.497 e. The third-order valence-electron chi connectivity index (χ3n) is 6.52. The first-order valence-corrected chi connectivity index (χ1v) is 11.2. The van der Waals surface area contributed by atoms with Gasteiger partial charge in [0, 0.05) is 17.4 Å². The maximum atomic E-state index is 13.6. The Hall–Kier alpha value is -3.85. The maximum Gasteiger partial charge on any atom is 0.167 e. The van der Waals surface area contributed by atoms with Crippen LogP contribution in [0.1, 0.15) is 27.4 Å². The fraction of sp³-hybridized carbons (Fsp3) is 0.167. The first-order chi connectivity index (χ1) is 16.2. The molecule has 4 aromatic carbocycles. The van der Waals surface area contributed by atoms with Crippen LogP contribution in [0.25, 0.3) is 16.8 Å². The van der Waals surface area contributed by atoms with Crippen LogP contribution in [0.5, 0.6) is 11.5 Å². The molecule has 0 unspecified atom stereocenters. The van der Waals surface area contributed by atoms with E-state index in [9.17, 15) is 4.79 Å². The van der Waals surface area contributed by atoms with Gasteiger partial charge in [-0.05, 0) is 58.1 Å². The molecule has 0 aromatic heterocycles. The average Bonchev–Trinajstić information content (AvgIpc) is 3.61. The molecule has 33 heavy (non-hydrogen) atoms. The van der Waals surface area contributed by atoms with Crippen molar-refractivity contribution in [1.29, 1.82) is 0 Å². The smallest absolute Gasteiger partial charge is 0.167 e. The Morgan fingerprint density at radius 2 is 1.52 bits per heavy atom. The zero-order chi connectivity index (χ0) is 22.8. The second kappa shape index (κ2) is 8.95. The zero-order valence-corrected chi connectivity index (χ0v) is 18.8. The lowest BCUT2D eigenvalue weighted by Crippen LogP contribution is -2.04. The number of allylic oxidation sites excluding steroid dienone is 1. The Morgan fingerprint density at radius 1 is 0.758 bits per heavy atom. The molecule has 1 aliphatic rings. The van der Waals surface area contributed by atoms with Crippen LogP contribution in [0.2, 0.25) is 0 Å². The minimum atomic E-state index is -0.0900. The van der Waals surface area contributed by atoms with Crippen molar-refractivity contribution >= 4 is 22.6 Å². The standard InChI is InChI=1S/C30H26O3/c1-32-25-15-10-20(11-16-25)12-17-27-28(23-8-5-9-26(19-23)33-2)29(27)30(31)24-14-13-21-6-3-4-7-22(21)18-24/h3-19,27-29H,1-2H3/b17-12+/t27-,28+,29+/m0/s1. The minimum absolute atomic E-state index is 0.0900. The molecule has 1 aliphatic carbocycles. The van der Waals surface area contributed by atoms with Gasteiger partial charge in [0.15, 0.2) is 5.78 Å². The summed E-state index contributed by atoms with van der Waals surface area (Å²) in [6, 6.07) is 30.2. The van der Waals surface area contributed by atoms with Crippen molar-refractivity contribution in [1.82, 2.24) is 0 Å². The van der Waals surface area contributed by atoms with E-state index < -0.39 is 0 Å². The average molecular weight is 435 g/mol. The Bertz CT molecular complexity index is 1320. The molecular weight excluding hydrogens is 408 g/mol. The molecule has 0 radical (unpaired) electrons. The summed E-state index contributed by atoms with van der Waals surface area (Å²) in [7, 11) is 3.33. The van der Waals surface area contributed by atoms with Crippen molar-refractivity contribution in [3.8, 4) is 11.5 Å². The molecule has 5 rings (SSSR count). The lowest BCUT2D eigenvalue weighted by atomic mass is 9.99. The van der Waals surface area contributed by atoms with E-state index >= 15 is 0 Å². The summed E-state index contributed by atoms with van der Waals surface area (Å²) in [5.74, 6) is 2.02. The second-order valence-corrected chi connectivity index (χ2v) is 8.46. The van der Waals surface area contributed by atoms with Crippen molar-refractivity contribution in [2.24, 2.45) is 11.8 Å². The van der Waals surface area contributed by atoms with E-state index in [2.05, 4.69) is 30.4 Å². The van der Waals surface area contributed by atoms with Gasteiger partial charge in [-0.2, -0.15) is 0 Å². The number of carbonyl (C=O) groups excluding carboxylic acids is 1. The molecule has 1 saturated carbocycles. The highest BCUT2D eigenvalue weighted by atomic mass is 16.5. The summed E-state index contributed by atoms with van der Waals surface area (Å²) >= 11 is 0. The summed E-state index contributed by atoms with van der Waals surface area (Å²) in [5.41, 5.74) is 2.99. The molecule has 0 saturated heterocycles. The van der Waals surface area contributed by atoms with E-state index in [4.69, 9.17) is 9.47 Å². The molecule has 0 bridgehead atoms. The van der Waals surface area contributed by atoms with Crippen molar-refractivity contribution in [3.05, 3.63) is 114 Å². The molecule has 0 N–H and O–H groups in total. The predicted molar refractivity (Wildman–Crippen MR) is 133 cm³/mol. The Kier molecular flexibility index (Phi) is 5.70. The third kappa shape index (κ3) is 4.27. The van der Waals surface area contributed by atoms with Gasteiger partial charge in [-0.1, -0.05) is 72.8 Å². The van der Waals surface area contributed by atoms with E-state index in [1.807, 2.05) is 72.8 Å². The van der Waals surface area contributed by atoms with Gasteiger partial charge in [-0.3, -0.25) is 4.79 Å². The van der Waals surface area contributed by atoms with Crippen molar-refractivity contribution in [3.63, 3.8) is 0 Å². The monoisotopic (exact) mass is 434 g/mol. The third-order valence-corrected chi connectivity index (χ3v) is 6.52. The lowest BCUT2D eigenvalue weighted by molar-refractivity contribution is 0.0962. The second-order valence-electron chi connectivity index (χ2n) is 8.46. The highest BCUT2D eigenvalue weighted by molar-refractivity contribution is 6.04. The summed E-state index contributed by atoms with van der Waals surface area (Å²) in [5, 5.41) is 2.23. The highest BCUT2D eigenvalue weighted by Crippen LogP contribution is 2.57. The van der Waals surface area contributed by atoms with Gasteiger partial charge in [-0.25, -0.2) is 0 Å². The number of fused-ring (bicyclic) bond motifs is 1. The van der Waals surface area contributed by atoms with Gasteiger partial charge in [0.05, 0.1) is 14.2 Å². The van der Waals surface area contributed by atoms with Gasteiger partial charge < -0.3 is 9.47 Å². The van der Waals surface area contributed by atoms with Crippen LogP contribution >= 0.6 is 0 Å². The van der Waals surface area contributed by atoms with Crippen LogP contribution < -0.4 is 9.47 Å². The summed E-state index contributed by atoms with van der Waals surface area (Å²) in [6.07, 6.45) is 4.28. The number of hydrogen-bond donors (Lipinski definition) is 0. The number of methoxy groups -OCH3 is 2. The number of rotatable bonds is 7. The summed E-state index contributed by atoms with van der Waals surface area (Å²) in [6.45, 7) is 0. The SMILES string of the molecule is COc1ccc(/C=C/[C@@H]2[C@@H](C(=O)c3ccc4ccccc4c3)[C@@H]2c2cccc(OC)c2)cc1. The molecule has 0 amide bonds.